The Bertz CT molecular complexity index is 591. The van der Waals surface area contributed by atoms with Crippen molar-refractivity contribution in [1.29, 1.82) is 0 Å². The molecule has 0 N–H and O–H groups in total. The molecule has 0 bridgehead atoms. The number of carbonyl (C=O) groups is 1. The molecule has 2 fully saturated rings. The molecular weight excluding hydrogens is 331 g/mol. The number of aromatic nitrogens is 1. The van der Waals surface area contributed by atoms with Crippen LogP contribution in [0.25, 0.3) is 0 Å². The SMILES string of the molecule is CN(CC1CCN(c2ccc(C(F)(F)F)cn2)CC1)C(=O)C1CCC1. The van der Waals surface area contributed by atoms with Crippen molar-refractivity contribution in [2.45, 2.75) is 38.3 Å². The van der Waals surface area contributed by atoms with Gasteiger partial charge in [-0.3, -0.25) is 4.79 Å². The van der Waals surface area contributed by atoms with E-state index in [1.807, 2.05) is 16.8 Å². The van der Waals surface area contributed by atoms with Crippen molar-refractivity contribution in [3.63, 3.8) is 0 Å². The molecule has 0 spiro atoms. The summed E-state index contributed by atoms with van der Waals surface area (Å²) in [7, 11) is 1.88. The zero-order chi connectivity index (χ0) is 18.0. The lowest BCUT2D eigenvalue weighted by Gasteiger charge is -2.36. The van der Waals surface area contributed by atoms with Crippen LogP contribution in [0.4, 0.5) is 19.0 Å². The van der Waals surface area contributed by atoms with E-state index in [1.54, 1.807) is 0 Å². The van der Waals surface area contributed by atoms with Crippen molar-refractivity contribution in [3.8, 4) is 0 Å². The molecular formula is C18H24F3N3O. The van der Waals surface area contributed by atoms with Crippen LogP contribution >= 0.6 is 0 Å². The highest BCUT2D eigenvalue weighted by Gasteiger charge is 2.32. The minimum atomic E-state index is -4.35. The fraction of sp³-hybridized carbons (Fsp3) is 0.667. The monoisotopic (exact) mass is 355 g/mol. The van der Waals surface area contributed by atoms with Crippen LogP contribution in [-0.2, 0) is 11.0 Å². The van der Waals surface area contributed by atoms with Gasteiger partial charge in [0.25, 0.3) is 0 Å². The average molecular weight is 355 g/mol. The van der Waals surface area contributed by atoms with E-state index in [1.165, 1.54) is 6.07 Å². The van der Waals surface area contributed by atoms with E-state index in [2.05, 4.69) is 4.98 Å². The van der Waals surface area contributed by atoms with Gasteiger partial charge in [0.15, 0.2) is 0 Å². The van der Waals surface area contributed by atoms with Gasteiger partial charge in [-0.25, -0.2) is 4.98 Å². The fourth-order valence-electron chi connectivity index (χ4n) is 3.53. The Labute approximate surface area is 146 Å². The standard InChI is InChI=1S/C18H24F3N3O/c1-23(17(25)14-3-2-4-14)12-13-7-9-24(10-8-13)16-6-5-15(11-22-16)18(19,20)21/h5-6,11,13-14H,2-4,7-10,12H2,1H3. The Morgan fingerprint density at radius 2 is 1.92 bits per heavy atom. The molecule has 1 aliphatic carbocycles. The molecule has 0 aromatic carbocycles. The maximum atomic E-state index is 12.6. The van der Waals surface area contributed by atoms with Gasteiger partial charge in [0.05, 0.1) is 5.56 Å². The van der Waals surface area contributed by atoms with Crippen molar-refractivity contribution in [1.82, 2.24) is 9.88 Å². The van der Waals surface area contributed by atoms with Crippen LogP contribution in [0.3, 0.4) is 0 Å². The topological polar surface area (TPSA) is 36.4 Å². The van der Waals surface area contributed by atoms with Crippen molar-refractivity contribution >= 4 is 11.7 Å². The third kappa shape index (κ3) is 4.25. The molecule has 0 unspecified atom stereocenters. The summed E-state index contributed by atoms with van der Waals surface area (Å²) < 4.78 is 37.8. The number of piperidine rings is 1. The molecule has 2 heterocycles. The summed E-state index contributed by atoms with van der Waals surface area (Å²) in [6.07, 6.45) is 1.57. The van der Waals surface area contributed by atoms with Gasteiger partial charge in [0.2, 0.25) is 5.91 Å². The van der Waals surface area contributed by atoms with Crippen LogP contribution < -0.4 is 4.90 Å². The Morgan fingerprint density at radius 3 is 2.40 bits per heavy atom. The van der Waals surface area contributed by atoms with Gasteiger partial charge < -0.3 is 9.80 Å². The molecule has 1 aliphatic heterocycles. The van der Waals surface area contributed by atoms with Crippen molar-refractivity contribution < 1.29 is 18.0 Å². The Kier molecular flexibility index (Phi) is 5.20. The molecule has 1 saturated heterocycles. The molecule has 1 amide bonds. The van der Waals surface area contributed by atoms with Gasteiger partial charge in [-0.05, 0) is 43.7 Å². The molecule has 1 aromatic heterocycles. The number of amides is 1. The molecule has 2 aliphatic rings. The van der Waals surface area contributed by atoms with Crippen LogP contribution in [0.2, 0.25) is 0 Å². The largest absolute Gasteiger partial charge is 0.417 e. The molecule has 0 radical (unpaired) electrons. The number of carbonyl (C=O) groups excluding carboxylic acids is 1. The quantitative estimate of drug-likeness (QED) is 0.828. The molecule has 4 nitrogen and oxygen atoms in total. The first-order valence-corrected chi connectivity index (χ1v) is 8.88. The predicted octanol–water partition coefficient (Wildman–Crippen LogP) is 3.58. The fourth-order valence-corrected chi connectivity index (χ4v) is 3.53. The molecule has 138 valence electrons. The second-order valence-corrected chi connectivity index (χ2v) is 7.18. The van der Waals surface area contributed by atoms with Gasteiger partial charge in [0.1, 0.15) is 5.82 Å². The molecule has 0 atom stereocenters. The number of hydrogen-bond acceptors (Lipinski definition) is 3. The zero-order valence-electron chi connectivity index (χ0n) is 14.4. The first-order chi connectivity index (χ1) is 11.8. The molecule has 1 aromatic rings. The van der Waals surface area contributed by atoms with E-state index in [9.17, 15) is 18.0 Å². The Balaban J connectivity index is 1.49. The maximum Gasteiger partial charge on any atom is 0.417 e. The third-order valence-corrected chi connectivity index (χ3v) is 5.38. The summed E-state index contributed by atoms with van der Waals surface area (Å²) in [5.74, 6) is 1.52. The second-order valence-electron chi connectivity index (χ2n) is 7.18. The van der Waals surface area contributed by atoms with E-state index in [-0.39, 0.29) is 11.8 Å². The number of pyridine rings is 1. The number of halogens is 3. The van der Waals surface area contributed by atoms with Crippen LogP contribution in [0, 0.1) is 11.8 Å². The first kappa shape index (κ1) is 18.0. The minimum Gasteiger partial charge on any atom is -0.357 e. The van der Waals surface area contributed by atoms with E-state index >= 15 is 0 Å². The van der Waals surface area contributed by atoms with Gasteiger partial charge in [-0.2, -0.15) is 13.2 Å². The number of anilines is 1. The Morgan fingerprint density at radius 1 is 1.24 bits per heavy atom. The second kappa shape index (κ2) is 7.22. The number of nitrogens with zero attached hydrogens (tertiary/aromatic N) is 3. The molecule has 7 heteroatoms. The van der Waals surface area contributed by atoms with Gasteiger partial charge in [-0.1, -0.05) is 6.42 Å². The first-order valence-electron chi connectivity index (χ1n) is 8.88. The smallest absolute Gasteiger partial charge is 0.357 e. The third-order valence-electron chi connectivity index (χ3n) is 5.38. The number of alkyl halides is 3. The molecule has 3 rings (SSSR count). The maximum absolute atomic E-state index is 12.6. The van der Waals surface area contributed by atoms with Gasteiger partial charge in [0, 0.05) is 38.8 Å². The molecule has 25 heavy (non-hydrogen) atoms. The van der Waals surface area contributed by atoms with E-state index < -0.39 is 11.7 Å². The van der Waals surface area contributed by atoms with Crippen LogP contribution in [-0.4, -0.2) is 42.5 Å². The number of hydrogen-bond donors (Lipinski definition) is 0. The van der Waals surface area contributed by atoms with E-state index in [0.29, 0.717) is 11.7 Å². The van der Waals surface area contributed by atoms with E-state index in [0.717, 1.165) is 64.0 Å². The van der Waals surface area contributed by atoms with Crippen LogP contribution in [0.5, 0.6) is 0 Å². The zero-order valence-corrected chi connectivity index (χ0v) is 14.4. The summed E-state index contributed by atoms with van der Waals surface area (Å²) in [6, 6.07) is 2.52. The van der Waals surface area contributed by atoms with Crippen LogP contribution in [0.1, 0.15) is 37.7 Å². The highest BCUT2D eigenvalue weighted by atomic mass is 19.4. The highest BCUT2D eigenvalue weighted by molar-refractivity contribution is 5.79. The normalized spacial score (nSPS) is 19.6. The predicted molar refractivity (Wildman–Crippen MR) is 89.2 cm³/mol. The summed E-state index contributed by atoms with van der Waals surface area (Å²) in [4.78, 5) is 20.1. The van der Waals surface area contributed by atoms with Crippen molar-refractivity contribution in [2.24, 2.45) is 11.8 Å². The molecule has 1 saturated carbocycles. The Hall–Kier alpha value is -1.79. The van der Waals surface area contributed by atoms with Gasteiger partial charge in [-0.15, -0.1) is 0 Å². The lowest BCUT2D eigenvalue weighted by Crippen LogP contribution is -2.42. The lowest BCUT2D eigenvalue weighted by molar-refractivity contribution is -0.138. The highest BCUT2D eigenvalue weighted by Crippen LogP contribution is 2.31. The lowest BCUT2D eigenvalue weighted by atomic mass is 9.84. The van der Waals surface area contributed by atoms with Crippen molar-refractivity contribution in [2.75, 3.05) is 31.6 Å². The summed E-state index contributed by atoms with van der Waals surface area (Å²) in [6.45, 7) is 2.28. The van der Waals surface area contributed by atoms with Crippen LogP contribution in [0.15, 0.2) is 18.3 Å². The van der Waals surface area contributed by atoms with E-state index in [4.69, 9.17) is 0 Å². The summed E-state index contributed by atoms with van der Waals surface area (Å²) in [5.41, 5.74) is -0.720. The summed E-state index contributed by atoms with van der Waals surface area (Å²) in [5, 5.41) is 0. The number of rotatable bonds is 4. The summed E-state index contributed by atoms with van der Waals surface area (Å²) >= 11 is 0. The average Bonchev–Trinajstić information content (AvgIpc) is 2.53. The van der Waals surface area contributed by atoms with Gasteiger partial charge >= 0.3 is 6.18 Å². The minimum absolute atomic E-state index is 0.224. The van der Waals surface area contributed by atoms with Crippen molar-refractivity contribution in [3.05, 3.63) is 23.9 Å².